The molecule has 1 atom stereocenters. The lowest BCUT2D eigenvalue weighted by Gasteiger charge is -2.33. The van der Waals surface area contributed by atoms with Crippen LogP contribution in [0.5, 0.6) is 0 Å². The van der Waals surface area contributed by atoms with Gasteiger partial charge in [-0.15, -0.1) is 11.3 Å². The van der Waals surface area contributed by atoms with Crippen LogP contribution in [0.25, 0.3) is 10.9 Å². The van der Waals surface area contributed by atoms with E-state index in [9.17, 15) is 9.59 Å². The molecule has 1 aliphatic heterocycles. The maximum Gasteiger partial charge on any atom is 0.261 e. The quantitative estimate of drug-likeness (QED) is 0.727. The number of piperidine rings is 1. The van der Waals surface area contributed by atoms with Gasteiger partial charge in [-0.3, -0.25) is 14.2 Å². The van der Waals surface area contributed by atoms with E-state index in [0.717, 1.165) is 24.3 Å². The number of nitrogens with zero attached hydrogens (tertiary/aromatic N) is 3. The van der Waals surface area contributed by atoms with Crippen molar-refractivity contribution >= 4 is 28.1 Å². The molecule has 25 heavy (non-hydrogen) atoms. The van der Waals surface area contributed by atoms with Crippen molar-refractivity contribution in [3.63, 3.8) is 0 Å². The van der Waals surface area contributed by atoms with Crippen LogP contribution in [0.15, 0.2) is 52.9 Å². The third-order valence-electron chi connectivity index (χ3n) is 4.74. The molecule has 6 heteroatoms. The summed E-state index contributed by atoms with van der Waals surface area (Å²) in [5.74, 6) is 0.133. The number of benzene rings is 1. The zero-order valence-electron chi connectivity index (χ0n) is 13.8. The molecule has 0 N–H and O–H groups in total. The molecule has 0 unspecified atom stereocenters. The van der Waals surface area contributed by atoms with Crippen LogP contribution in [0.4, 0.5) is 0 Å². The molecule has 0 aliphatic carbocycles. The van der Waals surface area contributed by atoms with Gasteiger partial charge in [0.15, 0.2) is 0 Å². The lowest BCUT2D eigenvalue weighted by Crippen LogP contribution is -2.43. The first-order valence-electron chi connectivity index (χ1n) is 8.48. The minimum Gasteiger partial charge on any atom is -0.340 e. The lowest BCUT2D eigenvalue weighted by atomic mass is 10.0. The molecule has 3 heterocycles. The largest absolute Gasteiger partial charge is 0.340 e. The molecule has 1 aliphatic rings. The Kier molecular flexibility index (Phi) is 4.36. The zero-order chi connectivity index (χ0) is 17.2. The van der Waals surface area contributed by atoms with E-state index < -0.39 is 0 Å². The van der Waals surface area contributed by atoms with Crippen LogP contribution in [0.2, 0.25) is 0 Å². The maximum atomic E-state index is 12.8. The minimum absolute atomic E-state index is 0.00866. The smallest absolute Gasteiger partial charge is 0.261 e. The Morgan fingerprint density at radius 1 is 1.24 bits per heavy atom. The molecule has 128 valence electrons. The van der Waals surface area contributed by atoms with Gasteiger partial charge in [-0.05, 0) is 36.4 Å². The molecule has 4 rings (SSSR count). The number of fused-ring (bicyclic) bond motifs is 1. The van der Waals surface area contributed by atoms with E-state index in [1.807, 2.05) is 46.7 Å². The Morgan fingerprint density at radius 2 is 2.12 bits per heavy atom. The van der Waals surface area contributed by atoms with Crippen LogP contribution in [-0.2, 0) is 11.2 Å². The van der Waals surface area contributed by atoms with Crippen molar-refractivity contribution in [3.8, 4) is 0 Å². The van der Waals surface area contributed by atoms with Gasteiger partial charge in [-0.25, -0.2) is 4.98 Å². The van der Waals surface area contributed by atoms with Gasteiger partial charge in [0.25, 0.3) is 5.56 Å². The molecule has 0 radical (unpaired) electrons. The summed E-state index contributed by atoms with van der Waals surface area (Å²) in [5, 5.41) is 2.62. The van der Waals surface area contributed by atoms with Crippen molar-refractivity contribution in [3.05, 3.63) is 63.3 Å². The van der Waals surface area contributed by atoms with Crippen LogP contribution in [0.1, 0.15) is 23.8 Å². The Balaban J connectivity index is 1.56. The Hall–Kier alpha value is -2.47. The summed E-state index contributed by atoms with van der Waals surface area (Å²) in [6.45, 7) is 1.33. The highest BCUT2D eigenvalue weighted by molar-refractivity contribution is 7.10. The molecule has 1 fully saturated rings. The lowest BCUT2D eigenvalue weighted by molar-refractivity contribution is -0.132. The summed E-state index contributed by atoms with van der Waals surface area (Å²) >= 11 is 1.60. The van der Waals surface area contributed by atoms with Crippen molar-refractivity contribution in [2.75, 3.05) is 13.1 Å². The topological polar surface area (TPSA) is 55.2 Å². The zero-order valence-corrected chi connectivity index (χ0v) is 14.6. The molecular formula is C19H19N3O2S. The van der Waals surface area contributed by atoms with Gasteiger partial charge in [-0.1, -0.05) is 18.2 Å². The predicted molar refractivity (Wildman–Crippen MR) is 98.9 cm³/mol. The summed E-state index contributed by atoms with van der Waals surface area (Å²) in [6, 6.07) is 11.3. The highest BCUT2D eigenvalue weighted by atomic mass is 32.1. The molecule has 0 spiro atoms. The van der Waals surface area contributed by atoms with Crippen LogP contribution in [0, 0.1) is 0 Å². The Morgan fingerprint density at radius 3 is 2.96 bits per heavy atom. The first-order valence-corrected chi connectivity index (χ1v) is 9.36. The molecule has 2 aromatic heterocycles. The summed E-state index contributed by atoms with van der Waals surface area (Å²) in [6.07, 6.45) is 3.86. The van der Waals surface area contributed by atoms with E-state index >= 15 is 0 Å². The molecule has 1 amide bonds. The molecule has 3 aromatic rings. The number of amides is 1. The Labute approximate surface area is 149 Å². The van der Waals surface area contributed by atoms with Crippen molar-refractivity contribution in [2.24, 2.45) is 0 Å². The number of likely N-dealkylation sites (tertiary alicyclic amines) is 1. The molecule has 1 saturated heterocycles. The molecular weight excluding hydrogens is 334 g/mol. The van der Waals surface area contributed by atoms with Crippen molar-refractivity contribution in [1.82, 2.24) is 14.5 Å². The molecule has 0 saturated carbocycles. The average molecular weight is 353 g/mol. The van der Waals surface area contributed by atoms with Crippen LogP contribution < -0.4 is 5.56 Å². The van der Waals surface area contributed by atoms with Crippen LogP contribution >= 0.6 is 11.3 Å². The number of para-hydroxylation sites is 1. The van der Waals surface area contributed by atoms with E-state index in [2.05, 4.69) is 4.98 Å². The minimum atomic E-state index is -0.0249. The molecule has 1 aromatic carbocycles. The highest BCUT2D eigenvalue weighted by Crippen LogP contribution is 2.22. The fraction of sp³-hybridized carbons (Fsp3) is 0.316. The average Bonchev–Trinajstić information content (AvgIpc) is 3.15. The van der Waals surface area contributed by atoms with Gasteiger partial charge in [0, 0.05) is 18.0 Å². The van der Waals surface area contributed by atoms with Gasteiger partial charge in [0.2, 0.25) is 5.91 Å². The number of rotatable bonds is 3. The van der Waals surface area contributed by atoms with E-state index in [4.69, 9.17) is 0 Å². The number of thiophene rings is 1. The van der Waals surface area contributed by atoms with E-state index in [-0.39, 0.29) is 17.5 Å². The summed E-state index contributed by atoms with van der Waals surface area (Å²) in [5.41, 5.74) is 0.688. The summed E-state index contributed by atoms with van der Waals surface area (Å²) in [4.78, 5) is 32.7. The van der Waals surface area contributed by atoms with Crippen molar-refractivity contribution in [1.29, 1.82) is 0 Å². The number of carbonyl (C=O) groups excluding carboxylic acids is 1. The summed E-state index contributed by atoms with van der Waals surface area (Å²) in [7, 11) is 0. The van der Waals surface area contributed by atoms with Gasteiger partial charge in [-0.2, -0.15) is 0 Å². The van der Waals surface area contributed by atoms with E-state index in [1.165, 1.54) is 0 Å². The second-order valence-corrected chi connectivity index (χ2v) is 7.40. The first-order chi connectivity index (χ1) is 12.2. The van der Waals surface area contributed by atoms with E-state index in [1.54, 1.807) is 22.2 Å². The number of hydrogen-bond donors (Lipinski definition) is 0. The van der Waals surface area contributed by atoms with Crippen molar-refractivity contribution in [2.45, 2.75) is 25.3 Å². The number of aromatic nitrogens is 2. The molecule has 5 nitrogen and oxygen atoms in total. The number of carbonyl (C=O) groups is 1. The Bertz CT molecular complexity index is 949. The maximum absolute atomic E-state index is 12.8. The van der Waals surface area contributed by atoms with Gasteiger partial charge < -0.3 is 4.90 Å². The summed E-state index contributed by atoms with van der Waals surface area (Å²) < 4.78 is 1.70. The van der Waals surface area contributed by atoms with Crippen molar-refractivity contribution < 1.29 is 4.79 Å². The fourth-order valence-corrected chi connectivity index (χ4v) is 4.12. The third-order valence-corrected chi connectivity index (χ3v) is 5.61. The van der Waals surface area contributed by atoms with Gasteiger partial charge >= 0.3 is 0 Å². The first kappa shape index (κ1) is 16.0. The predicted octanol–water partition coefficient (Wildman–Crippen LogP) is 2.86. The standard InChI is InChI=1S/C19H19N3O2S/c23-18(11-15-6-4-10-25-15)21-9-3-5-14(12-21)22-13-20-17-8-2-1-7-16(17)19(22)24/h1-2,4,6-8,10,13-14H,3,5,9,11-12H2/t14-/m0/s1. The third kappa shape index (κ3) is 3.22. The normalized spacial score (nSPS) is 17.8. The van der Waals surface area contributed by atoms with Crippen LogP contribution in [-0.4, -0.2) is 33.4 Å². The van der Waals surface area contributed by atoms with Crippen LogP contribution in [0.3, 0.4) is 0 Å². The van der Waals surface area contributed by atoms with Gasteiger partial charge in [0.05, 0.1) is 29.7 Å². The second-order valence-electron chi connectivity index (χ2n) is 6.37. The number of hydrogen-bond acceptors (Lipinski definition) is 4. The highest BCUT2D eigenvalue weighted by Gasteiger charge is 2.26. The van der Waals surface area contributed by atoms with Gasteiger partial charge in [0.1, 0.15) is 0 Å². The monoisotopic (exact) mass is 353 g/mol. The second kappa shape index (κ2) is 6.80. The fourth-order valence-electron chi connectivity index (χ4n) is 3.43. The van der Waals surface area contributed by atoms with E-state index in [0.29, 0.717) is 23.9 Å². The molecule has 0 bridgehead atoms. The SMILES string of the molecule is O=C(Cc1cccs1)N1CCC[C@H](n2cnc3ccccc3c2=O)C1.